The van der Waals surface area contributed by atoms with E-state index in [2.05, 4.69) is 20.3 Å². The predicted molar refractivity (Wildman–Crippen MR) is 96.4 cm³/mol. The number of benzene rings is 1. The summed E-state index contributed by atoms with van der Waals surface area (Å²) in [5.41, 5.74) is 1.18. The number of thiazole rings is 1. The zero-order valence-corrected chi connectivity index (χ0v) is 14.4. The monoisotopic (exact) mass is 358 g/mol. The van der Waals surface area contributed by atoms with E-state index in [1.165, 1.54) is 29.2 Å². The van der Waals surface area contributed by atoms with E-state index < -0.39 is 5.25 Å². The molecule has 0 saturated heterocycles. The van der Waals surface area contributed by atoms with Crippen molar-refractivity contribution in [3.05, 3.63) is 58.3 Å². The Morgan fingerprint density at radius 2 is 2.12 bits per heavy atom. The van der Waals surface area contributed by atoms with Gasteiger partial charge in [0.05, 0.1) is 10.9 Å². The molecule has 0 bridgehead atoms. The summed E-state index contributed by atoms with van der Waals surface area (Å²) in [4.78, 5) is 35.2. The van der Waals surface area contributed by atoms with Crippen molar-refractivity contribution >= 4 is 34.1 Å². The van der Waals surface area contributed by atoms with Gasteiger partial charge < -0.3 is 10.3 Å². The molecule has 3 aromatic rings. The van der Waals surface area contributed by atoms with Crippen LogP contribution >= 0.6 is 23.1 Å². The average Bonchev–Trinajstić information content (AvgIpc) is 3.08. The van der Waals surface area contributed by atoms with Gasteiger partial charge in [0.2, 0.25) is 5.91 Å². The zero-order valence-electron chi connectivity index (χ0n) is 12.7. The fourth-order valence-electron chi connectivity index (χ4n) is 1.96. The Kier molecular flexibility index (Phi) is 5.07. The van der Waals surface area contributed by atoms with Gasteiger partial charge in [-0.3, -0.25) is 9.59 Å². The van der Waals surface area contributed by atoms with Gasteiger partial charge in [-0.15, -0.1) is 11.3 Å². The van der Waals surface area contributed by atoms with Crippen LogP contribution in [0.2, 0.25) is 0 Å². The highest BCUT2D eigenvalue weighted by atomic mass is 32.2. The Hall–Kier alpha value is -2.45. The molecule has 3 rings (SSSR count). The minimum atomic E-state index is -0.428. The number of carbonyl (C=O) groups excluding carboxylic acids is 1. The molecule has 0 spiro atoms. The number of hydrogen-bond donors (Lipinski definition) is 2. The van der Waals surface area contributed by atoms with Crippen molar-refractivity contribution in [1.82, 2.24) is 15.0 Å². The summed E-state index contributed by atoms with van der Waals surface area (Å²) in [6, 6.07) is 10.9. The smallest absolute Gasteiger partial charge is 0.252 e. The average molecular weight is 358 g/mol. The van der Waals surface area contributed by atoms with E-state index >= 15 is 0 Å². The van der Waals surface area contributed by atoms with Crippen LogP contribution in [0, 0.1) is 0 Å². The van der Waals surface area contributed by atoms with Crippen molar-refractivity contribution in [3.63, 3.8) is 0 Å². The molecule has 0 aliphatic heterocycles. The molecular weight excluding hydrogens is 344 g/mol. The zero-order chi connectivity index (χ0) is 16.9. The van der Waals surface area contributed by atoms with E-state index in [1.807, 2.05) is 30.3 Å². The van der Waals surface area contributed by atoms with Gasteiger partial charge in [-0.1, -0.05) is 42.1 Å². The maximum atomic E-state index is 12.2. The first-order chi connectivity index (χ1) is 11.6. The number of carbonyl (C=O) groups is 1. The van der Waals surface area contributed by atoms with Gasteiger partial charge in [-0.2, -0.15) is 0 Å². The highest BCUT2D eigenvalue weighted by Crippen LogP contribution is 2.23. The number of nitrogens with one attached hydrogen (secondary N) is 2. The molecule has 0 saturated carbocycles. The number of anilines is 1. The van der Waals surface area contributed by atoms with Crippen molar-refractivity contribution in [2.24, 2.45) is 0 Å². The quantitative estimate of drug-likeness (QED) is 0.541. The standard InChI is InChI=1S/C16H14N4O2S2/c1-10(14(22)20-15-17-7-8-23-15)24-16-18-12(9-13(21)19-16)11-5-3-2-4-6-11/h2-10H,1H3,(H,17,20,22)(H,18,19,21). The molecule has 24 heavy (non-hydrogen) atoms. The molecule has 122 valence electrons. The Morgan fingerprint density at radius 3 is 2.83 bits per heavy atom. The summed E-state index contributed by atoms with van der Waals surface area (Å²) in [6.07, 6.45) is 1.63. The second-order valence-corrected chi connectivity index (χ2v) is 7.11. The SMILES string of the molecule is CC(Sc1nc(-c2ccccc2)cc(=O)[nH]1)C(=O)Nc1nccs1. The topological polar surface area (TPSA) is 87.7 Å². The molecule has 0 radical (unpaired) electrons. The first-order valence-corrected chi connectivity index (χ1v) is 8.91. The number of nitrogens with zero attached hydrogens (tertiary/aromatic N) is 2. The summed E-state index contributed by atoms with van der Waals surface area (Å²) < 4.78 is 0. The Morgan fingerprint density at radius 1 is 1.33 bits per heavy atom. The van der Waals surface area contributed by atoms with Crippen molar-refractivity contribution < 1.29 is 4.79 Å². The van der Waals surface area contributed by atoms with Crippen molar-refractivity contribution in [2.75, 3.05) is 5.32 Å². The van der Waals surface area contributed by atoms with E-state index in [0.29, 0.717) is 16.0 Å². The van der Waals surface area contributed by atoms with Gasteiger partial charge in [0.1, 0.15) is 0 Å². The molecule has 1 unspecified atom stereocenters. The highest BCUT2D eigenvalue weighted by molar-refractivity contribution is 8.00. The first kappa shape index (κ1) is 16.4. The Bertz CT molecular complexity index is 879. The summed E-state index contributed by atoms with van der Waals surface area (Å²) in [5.74, 6) is -0.192. The van der Waals surface area contributed by atoms with Gasteiger partial charge in [0.15, 0.2) is 10.3 Å². The van der Waals surface area contributed by atoms with E-state index in [4.69, 9.17) is 0 Å². The Balaban J connectivity index is 1.76. The molecule has 2 heterocycles. The molecule has 2 N–H and O–H groups in total. The van der Waals surface area contributed by atoms with Crippen molar-refractivity contribution in [1.29, 1.82) is 0 Å². The second-order valence-electron chi connectivity index (χ2n) is 4.89. The van der Waals surface area contributed by atoms with Gasteiger partial charge in [-0.05, 0) is 6.92 Å². The third kappa shape index (κ3) is 4.09. The number of rotatable bonds is 5. The van der Waals surface area contributed by atoms with E-state index in [9.17, 15) is 9.59 Å². The predicted octanol–water partition coefficient (Wildman–Crippen LogP) is 3.01. The normalized spacial score (nSPS) is 11.9. The van der Waals surface area contributed by atoms with Gasteiger partial charge >= 0.3 is 0 Å². The van der Waals surface area contributed by atoms with Crippen LogP contribution in [0.4, 0.5) is 5.13 Å². The molecule has 1 aromatic carbocycles. The second kappa shape index (κ2) is 7.41. The third-order valence-electron chi connectivity index (χ3n) is 3.11. The van der Waals surface area contributed by atoms with Crippen LogP contribution in [-0.2, 0) is 4.79 Å². The van der Waals surface area contributed by atoms with Crippen LogP contribution in [0.5, 0.6) is 0 Å². The van der Waals surface area contributed by atoms with E-state index in [-0.39, 0.29) is 11.5 Å². The summed E-state index contributed by atoms with van der Waals surface area (Å²) in [6.45, 7) is 1.75. The van der Waals surface area contributed by atoms with Crippen LogP contribution in [0.25, 0.3) is 11.3 Å². The molecule has 1 amide bonds. The largest absolute Gasteiger partial charge is 0.301 e. The van der Waals surface area contributed by atoms with Crippen LogP contribution in [0.15, 0.2) is 57.9 Å². The summed E-state index contributed by atoms with van der Waals surface area (Å²) in [7, 11) is 0. The van der Waals surface area contributed by atoms with Gasteiger partial charge in [0.25, 0.3) is 5.56 Å². The lowest BCUT2D eigenvalue weighted by Crippen LogP contribution is -2.23. The van der Waals surface area contributed by atoms with Gasteiger partial charge in [-0.25, -0.2) is 9.97 Å². The minimum absolute atomic E-state index is 0.192. The number of amides is 1. The summed E-state index contributed by atoms with van der Waals surface area (Å²) >= 11 is 2.55. The van der Waals surface area contributed by atoms with Crippen LogP contribution in [0.3, 0.4) is 0 Å². The molecule has 1 atom stereocenters. The third-order valence-corrected chi connectivity index (χ3v) is 4.78. The number of thioether (sulfide) groups is 1. The first-order valence-electron chi connectivity index (χ1n) is 7.15. The molecule has 0 fully saturated rings. The van der Waals surface area contributed by atoms with E-state index in [0.717, 1.165) is 5.56 Å². The Labute approximate surface area is 146 Å². The van der Waals surface area contributed by atoms with Crippen LogP contribution < -0.4 is 10.9 Å². The van der Waals surface area contributed by atoms with Crippen LogP contribution in [-0.4, -0.2) is 26.1 Å². The summed E-state index contributed by atoms with van der Waals surface area (Å²) in [5, 5.41) is 5.04. The molecule has 8 heteroatoms. The van der Waals surface area contributed by atoms with Crippen LogP contribution in [0.1, 0.15) is 6.92 Å². The fraction of sp³-hybridized carbons (Fsp3) is 0.125. The molecular formula is C16H14N4O2S2. The lowest BCUT2D eigenvalue weighted by Gasteiger charge is -2.10. The lowest BCUT2D eigenvalue weighted by atomic mass is 10.1. The fourth-order valence-corrected chi connectivity index (χ4v) is 3.30. The number of aromatic amines is 1. The van der Waals surface area contributed by atoms with Crippen molar-refractivity contribution in [3.8, 4) is 11.3 Å². The van der Waals surface area contributed by atoms with Crippen molar-refractivity contribution in [2.45, 2.75) is 17.3 Å². The minimum Gasteiger partial charge on any atom is -0.301 e. The lowest BCUT2D eigenvalue weighted by molar-refractivity contribution is -0.115. The maximum Gasteiger partial charge on any atom is 0.252 e. The number of hydrogen-bond acceptors (Lipinski definition) is 6. The maximum absolute atomic E-state index is 12.2. The number of aromatic nitrogens is 3. The van der Waals surface area contributed by atoms with Gasteiger partial charge in [0, 0.05) is 23.2 Å². The molecule has 0 aliphatic rings. The molecule has 6 nitrogen and oxygen atoms in total. The molecule has 0 aliphatic carbocycles. The molecule has 2 aromatic heterocycles. The van der Waals surface area contributed by atoms with E-state index in [1.54, 1.807) is 18.5 Å². The highest BCUT2D eigenvalue weighted by Gasteiger charge is 2.17. The number of H-pyrrole nitrogens is 1.